The van der Waals surface area contributed by atoms with Crippen LogP contribution in [0.25, 0.3) is 0 Å². The Balaban J connectivity index is 1.98. The van der Waals surface area contributed by atoms with Crippen LogP contribution in [0, 0.1) is 5.41 Å². The van der Waals surface area contributed by atoms with Crippen LogP contribution < -0.4 is 5.32 Å². The molecule has 0 aliphatic carbocycles. The van der Waals surface area contributed by atoms with E-state index in [2.05, 4.69) is 49.1 Å². The van der Waals surface area contributed by atoms with Crippen LogP contribution in [0.3, 0.4) is 0 Å². The van der Waals surface area contributed by atoms with Crippen LogP contribution in [0.2, 0.25) is 0 Å². The van der Waals surface area contributed by atoms with E-state index in [1.807, 2.05) is 17.9 Å². The van der Waals surface area contributed by atoms with Crippen molar-refractivity contribution in [3.8, 4) is 0 Å². The third-order valence-electron chi connectivity index (χ3n) is 4.62. The molecule has 2 rings (SSSR count). The summed E-state index contributed by atoms with van der Waals surface area (Å²) in [4.78, 5) is 2.64. The number of nitrogens with zero attached hydrogens (tertiary/aromatic N) is 3. The van der Waals surface area contributed by atoms with Crippen LogP contribution >= 0.6 is 0 Å². The Hall–Kier alpha value is -0.870. The summed E-state index contributed by atoms with van der Waals surface area (Å²) in [5.41, 5.74) is 1.64. The summed E-state index contributed by atoms with van der Waals surface area (Å²) < 4.78 is 1.99. The maximum Gasteiger partial charge on any atom is 0.0492 e. The zero-order valence-corrected chi connectivity index (χ0v) is 13.7. The average Bonchev–Trinajstić information content (AvgIpc) is 2.65. The molecule has 0 aromatic carbocycles. The lowest BCUT2D eigenvalue weighted by Crippen LogP contribution is -2.47. The second kappa shape index (κ2) is 6.27. The number of hydrogen-bond donors (Lipinski definition) is 1. The van der Waals surface area contributed by atoms with Crippen molar-refractivity contribution in [3.63, 3.8) is 0 Å². The summed E-state index contributed by atoms with van der Waals surface area (Å²) in [6.07, 6.45) is 4.20. The number of aromatic nitrogens is 2. The average molecular weight is 278 g/mol. The second-order valence-electron chi connectivity index (χ2n) is 7.20. The molecule has 4 heteroatoms. The smallest absolute Gasteiger partial charge is 0.0492 e. The van der Waals surface area contributed by atoms with Crippen molar-refractivity contribution in [3.05, 3.63) is 18.0 Å². The molecule has 1 aromatic rings. The lowest BCUT2D eigenvalue weighted by molar-refractivity contribution is 0.165. The summed E-state index contributed by atoms with van der Waals surface area (Å²) in [5.74, 6) is 0. The molecule has 0 bridgehead atoms. The SMILES string of the molecule is CC1CCNC(C(C)(C)C)CN1CCc1ccnn1C. The van der Waals surface area contributed by atoms with Gasteiger partial charge in [-0.05, 0) is 31.4 Å². The topological polar surface area (TPSA) is 33.1 Å². The third kappa shape index (κ3) is 3.83. The summed E-state index contributed by atoms with van der Waals surface area (Å²) in [7, 11) is 2.03. The number of hydrogen-bond acceptors (Lipinski definition) is 3. The normalized spacial score (nSPS) is 25.6. The van der Waals surface area contributed by atoms with Crippen LogP contribution in [0.1, 0.15) is 39.8 Å². The van der Waals surface area contributed by atoms with Crippen molar-refractivity contribution < 1.29 is 0 Å². The molecule has 1 fully saturated rings. The van der Waals surface area contributed by atoms with Gasteiger partial charge in [-0.2, -0.15) is 5.10 Å². The van der Waals surface area contributed by atoms with Crippen LogP contribution in [0.5, 0.6) is 0 Å². The van der Waals surface area contributed by atoms with Gasteiger partial charge < -0.3 is 5.32 Å². The van der Waals surface area contributed by atoms with Crippen molar-refractivity contribution in [2.45, 2.75) is 52.6 Å². The van der Waals surface area contributed by atoms with Gasteiger partial charge >= 0.3 is 0 Å². The molecule has 4 nitrogen and oxygen atoms in total. The molecule has 1 aliphatic rings. The Kier molecular flexibility index (Phi) is 4.86. The van der Waals surface area contributed by atoms with E-state index in [9.17, 15) is 0 Å². The fraction of sp³-hybridized carbons (Fsp3) is 0.812. The van der Waals surface area contributed by atoms with Crippen molar-refractivity contribution >= 4 is 0 Å². The Morgan fingerprint density at radius 3 is 2.75 bits per heavy atom. The quantitative estimate of drug-likeness (QED) is 0.919. The van der Waals surface area contributed by atoms with E-state index in [4.69, 9.17) is 0 Å². The van der Waals surface area contributed by atoms with Crippen molar-refractivity contribution in [1.29, 1.82) is 0 Å². The van der Waals surface area contributed by atoms with Gasteiger partial charge in [0.1, 0.15) is 0 Å². The van der Waals surface area contributed by atoms with Gasteiger partial charge in [-0.1, -0.05) is 20.8 Å². The van der Waals surface area contributed by atoms with Gasteiger partial charge in [-0.15, -0.1) is 0 Å². The van der Waals surface area contributed by atoms with Gasteiger partial charge in [0.2, 0.25) is 0 Å². The molecule has 0 amide bonds. The van der Waals surface area contributed by atoms with Gasteiger partial charge in [-0.3, -0.25) is 9.58 Å². The largest absolute Gasteiger partial charge is 0.312 e. The number of nitrogens with one attached hydrogen (secondary N) is 1. The van der Waals surface area contributed by atoms with Gasteiger partial charge in [0.25, 0.3) is 0 Å². The summed E-state index contributed by atoms with van der Waals surface area (Å²) in [6, 6.07) is 3.35. The lowest BCUT2D eigenvalue weighted by Gasteiger charge is -2.35. The highest BCUT2D eigenvalue weighted by atomic mass is 15.3. The van der Waals surface area contributed by atoms with Gasteiger partial charge in [0.15, 0.2) is 0 Å². The van der Waals surface area contributed by atoms with Crippen molar-refractivity contribution in [2.24, 2.45) is 12.5 Å². The maximum absolute atomic E-state index is 4.26. The maximum atomic E-state index is 4.26. The molecule has 114 valence electrons. The molecule has 1 N–H and O–H groups in total. The summed E-state index contributed by atoms with van der Waals surface area (Å²) in [6.45, 7) is 12.7. The van der Waals surface area contributed by atoms with Crippen molar-refractivity contribution in [1.82, 2.24) is 20.0 Å². The zero-order valence-electron chi connectivity index (χ0n) is 13.7. The molecule has 1 saturated heterocycles. The van der Waals surface area contributed by atoms with Crippen LogP contribution in [0.4, 0.5) is 0 Å². The highest BCUT2D eigenvalue weighted by Crippen LogP contribution is 2.23. The van der Waals surface area contributed by atoms with E-state index in [1.54, 1.807) is 0 Å². The molecule has 0 radical (unpaired) electrons. The fourth-order valence-electron chi connectivity index (χ4n) is 2.92. The zero-order chi connectivity index (χ0) is 14.8. The first kappa shape index (κ1) is 15.5. The Morgan fingerprint density at radius 2 is 2.15 bits per heavy atom. The summed E-state index contributed by atoms with van der Waals surface area (Å²) >= 11 is 0. The van der Waals surface area contributed by atoms with Gasteiger partial charge in [0, 0.05) is 50.5 Å². The molecular formula is C16H30N4. The van der Waals surface area contributed by atoms with E-state index < -0.39 is 0 Å². The number of aryl methyl sites for hydroxylation is 1. The molecule has 2 atom stereocenters. The molecule has 0 spiro atoms. The molecule has 1 aromatic heterocycles. The van der Waals surface area contributed by atoms with Crippen LogP contribution in [0.15, 0.2) is 12.3 Å². The lowest BCUT2D eigenvalue weighted by atomic mass is 9.86. The molecule has 1 aliphatic heterocycles. The molecule has 2 heterocycles. The highest BCUT2D eigenvalue weighted by Gasteiger charge is 2.30. The van der Waals surface area contributed by atoms with Gasteiger partial charge in [0.05, 0.1) is 0 Å². The highest BCUT2D eigenvalue weighted by molar-refractivity contribution is 5.01. The first-order chi connectivity index (χ1) is 9.38. The Morgan fingerprint density at radius 1 is 1.40 bits per heavy atom. The van der Waals surface area contributed by atoms with E-state index in [1.165, 1.54) is 12.1 Å². The van der Waals surface area contributed by atoms with E-state index >= 15 is 0 Å². The Labute approximate surface area is 123 Å². The second-order valence-corrected chi connectivity index (χ2v) is 7.20. The molecule has 20 heavy (non-hydrogen) atoms. The molecular weight excluding hydrogens is 248 g/mol. The minimum atomic E-state index is 0.314. The minimum absolute atomic E-state index is 0.314. The fourth-order valence-corrected chi connectivity index (χ4v) is 2.92. The third-order valence-corrected chi connectivity index (χ3v) is 4.62. The predicted octanol–water partition coefficient (Wildman–Crippen LogP) is 2.06. The van der Waals surface area contributed by atoms with E-state index in [0.717, 1.165) is 26.1 Å². The minimum Gasteiger partial charge on any atom is -0.312 e. The van der Waals surface area contributed by atoms with E-state index in [0.29, 0.717) is 17.5 Å². The first-order valence-electron chi connectivity index (χ1n) is 7.82. The molecule has 2 unspecified atom stereocenters. The monoisotopic (exact) mass is 278 g/mol. The van der Waals surface area contributed by atoms with Gasteiger partial charge in [-0.25, -0.2) is 0 Å². The Bertz CT molecular complexity index is 418. The van der Waals surface area contributed by atoms with Crippen molar-refractivity contribution in [2.75, 3.05) is 19.6 Å². The van der Waals surface area contributed by atoms with Crippen LogP contribution in [-0.2, 0) is 13.5 Å². The summed E-state index contributed by atoms with van der Waals surface area (Å²) in [5, 5.41) is 7.99. The number of rotatable bonds is 3. The van der Waals surface area contributed by atoms with E-state index in [-0.39, 0.29) is 0 Å². The first-order valence-corrected chi connectivity index (χ1v) is 7.82. The van der Waals surface area contributed by atoms with Crippen LogP contribution in [-0.4, -0.2) is 46.4 Å². The molecule has 0 saturated carbocycles. The standard InChI is InChI=1S/C16H30N4/c1-13-6-9-17-15(16(2,3)4)12-20(13)11-8-14-7-10-18-19(14)5/h7,10,13,15,17H,6,8-9,11-12H2,1-5H3. The predicted molar refractivity (Wildman–Crippen MR) is 83.8 cm³/mol.